The molecule has 1 saturated carbocycles. The second kappa shape index (κ2) is 4.25. The fourth-order valence-electron chi connectivity index (χ4n) is 3.04. The molecule has 0 bridgehead atoms. The topological polar surface area (TPSA) is 64.4 Å². The Hall–Kier alpha value is -1.50. The lowest BCUT2D eigenvalue weighted by molar-refractivity contribution is -0.143. The third-order valence-corrected chi connectivity index (χ3v) is 4.28. The molecule has 5 nitrogen and oxygen atoms in total. The summed E-state index contributed by atoms with van der Waals surface area (Å²) in [6.07, 6.45) is 2.16. The number of hydrogen-bond acceptors (Lipinski definition) is 3. The van der Waals surface area contributed by atoms with E-state index in [1.807, 2.05) is 0 Å². The van der Waals surface area contributed by atoms with Crippen molar-refractivity contribution < 1.29 is 23.4 Å². The van der Waals surface area contributed by atoms with Gasteiger partial charge in [0.25, 0.3) is 5.92 Å². The average molecular weight is 286 g/mol. The summed E-state index contributed by atoms with van der Waals surface area (Å²) in [5, 5.41) is 13.5. The number of rotatable bonds is 3. The molecule has 0 spiro atoms. The number of carboxylic acid groups (broad SMARTS) is 1. The summed E-state index contributed by atoms with van der Waals surface area (Å²) in [7, 11) is 1.63. The molecule has 110 valence electrons. The summed E-state index contributed by atoms with van der Waals surface area (Å²) >= 11 is 0. The van der Waals surface area contributed by atoms with Gasteiger partial charge in [-0.3, -0.25) is 9.48 Å². The Morgan fingerprint density at radius 2 is 2.10 bits per heavy atom. The van der Waals surface area contributed by atoms with E-state index in [-0.39, 0.29) is 11.5 Å². The molecule has 2 fully saturated rings. The van der Waals surface area contributed by atoms with Gasteiger partial charge in [0.1, 0.15) is 0 Å². The summed E-state index contributed by atoms with van der Waals surface area (Å²) in [5.41, 5.74) is -1.42. The molecule has 2 aliphatic rings. The number of alkyl halides is 2. The van der Waals surface area contributed by atoms with Gasteiger partial charge in [-0.05, 0) is 12.8 Å². The number of aryl methyl sites for hydroxylation is 1. The molecule has 20 heavy (non-hydrogen) atoms. The molecule has 1 aromatic heterocycles. The maximum Gasteiger partial charge on any atom is 0.320 e. The Morgan fingerprint density at radius 3 is 2.60 bits per heavy atom. The van der Waals surface area contributed by atoms with Crippen LogP contribution in [0.4, 0.5) is 8.78 Å². The third kappa shape index (κ3) is 1.76. The number of carboxylic acids is 1. The van der Waals surface area contributed by atoms with Gasteiger partial charge in [0.05, 0.1) is 5.69 Å². The summed E-state index contributed by atoms with van der Waals surface area (Å²) in [6, 6.07) is 0. The van der Waals surface area contributed by atoms with Crippen LogP contribution in [-0.4, -0.2) is 40.0 Å². The zero-order valence-corrected chi connectivity index (χ0v) is 11.1. The molecule has 0 amide bonds. The highest BCUT2D eigenvalue weighted by Gasteiger charge is 2.78. The predicted octanol–water partition coefficient (Wildman–Crippen LogP) is 1.68. The molecule has 3 rings (SSSR count). The molecular weight excluding hydrogens is 270 g/mol. The van der Waals surface area contributed by atoms with Crippen LogP contribution in [0, 0.1) is 0 Å². The molecule has 1 aliphatic carbocycles. The molecule has 1 aliphatic heterocycles. The number of ether oxygens (including phenoxy) is 1. The summed E-state index contributed by atoms with van der Waals surface area (Å²) in [5.74, 6) is -4.67. The highest BCUT2D eigenvalue weighted by molar-refractivity contribution is 5.88. The molecule has 1 saturated heterocycles. The third-order valence-electron chi connectivity index (χ3n) is 4.28. The highest BCUT2D eigenvalue weighted by atomic mass is 19.3. The first-order valence-corrected chi connectivity index (χ1v) is 6.61. The summed E-state index contributed by atoms with van der Waals surface area (Å²) < 4.78 is 34.1. The van der Waals surface area contributed by atoms with Gasteiger partial charge in [-0.15, -0.1) is 0 Å². The SMILES string of the molecule is Cn1cc(C2(C(=O)O)CC2(F)F)c(C2CCOCC2)n1. The van der Waals surface area contributed by atoms with Crippen molar-refractivity contribution in [3.05, 3.63) is 17.5 Å². The van der Waals surface area contributed by atoms with E-state index >= 15 is 0 Å². The van der Waals surface area contributed by atoms with Crippen molar-refractivity contribution in [2.75, 3.05) is 13.2 Å². The first-order valence-electron chi connectivity index (χ1n) is 6.61. The quantitative estimate of drug-likeness (QED) is 0.918. The lowest BCUT2D eigenvalue weighted by atomic mass is 9.87. The minimum Gasteiger partial charge on any atom is -0.480 e. The van der Waals surface area contributed by atoms with Crippen LogP contribution in [0.5, 0.6) is 0 Å². The van der Waals surface area contributed by atoms with Crippen molar-refractivity contribution in [2.45, 2.75) is 36.5 Å². The van der Waals surface area contributed by atoms with Crippen LogP contribution in [0.1, 0.15) is 36.4 Å². The van der Waals surface area contributed by atoms with Gasteiger partial charge < -0.3 is 9.84 Å². The van der Waals surface area contributed by atoms with E-state index in [0.717, 1.165) is 0 Å². The number of aromatic nitrogens is 2. The van der Waals surface area contributed by atoms with E-state index < -0.39 is 23.7 Å². The number of carbonyl (C=O) groups is 1. The lowest BCUT2D eigenvalue weighted by Crippen LogP contribution is -2.29. The van der Waals surface area contributed by atoms with Crippen molar-refractivity contribution in [1.82, 2.24) is 9.78 Å². The van der Waals surface area contributed by atoms with Gasteiger partial charge in [-0.1, -0.05) is 0 Å². The molecule has 2 heterocycles. The van der Waals surface area contributed by atoms with E-state index in [1.165, 1.54) is 10.9 Å². The Bertz CT molecular complexity index is 552. The van der Waals surface area contributed by atoms with Crippen LogP contribution < -0.4 is 0 Å². The predicted molar refractivity (Wildman–Crippen MR) is 64.9 cm³/mol. The molecule has 1 atom stereocenters. The molecular formula is C13H16F2N2O3. The van der Waals surface area contributed by atoms with Gasteiger partial charge in [0, 0.05) is 44.4 Å². The van der Waals surface area contributed by atoms with E-state index in [1.54, 1.807) is 7.05 Å². The van der Waals surface area contributed by atoms with Crippen LogP contribution in [-0.2, 0) is 22.0 Å². The monoisotopic (exact) mass is 286 g/mol. The average Bonchev–Trinajstić information content (AvgIpc) is 2.78. The van der Waals surface area contributed by atoms with E-state index in [0.29, 0.717) is 31.7 Å². The molecule has 1 aromatic rings. The number of halogens is 2. The molecule has 1 unspecified atom stereocenters. The molecule has 1 N–H and O–H groups in total. The number of hydrogen-bond donors (Lipinski definition) is 1. The van der Waals surface area contributed by atoms with Gasteiger partial charge in [-0.2, -0.15) is 5.10 Å². The first kappa shape index (κ1) is 13.5. The van der Waals surface area contributed by atoms with Crippen LogP contribution >= 0.6 is 0 Å². The molecule has 7 heteroatoms. The Balaban J connectivity index is 2.04. The Kier molecular flexibility index (Phi) is 2.86. The van der Waals surface area contributed by atoms with Crippen molar-refractivity contribution >= 4 is 5.97 Å². The van der Waals surface area contributed by atoms with Crippen LogP contribution in [0.3, 0.4) is 0 Å². The summed E-state index contributed by atoms with van der Waals surface area (Å²) in [6.45, 7) is 1.11. The van der Waals surface area contributed by atoms with Gasteiger partial charge in [0.2, 0.25) is 0 Å². The maximum absolute atomic E-state index is 13.7. The van der Waals surface area contributed by atoms with E-state index in [4.69, 9.17) is 4.74 Å². The van der Waals surface area contributed by atoms with E-state index in [2.05, 4.69) is 5.10 Å². The zero-order valence-electron chi connectivity index (χ0n) is 11.1. The highest BCUT2D eigenvalue weighted by Crippen LogP contribution is 2.63. The number of aliphatic carboxylic acids is 1. The van der Waals surface area contributed by atoms with Crippen molar-refractivity contribution in [3.63, 3.8) is 0 Å². The largest absolute Gasteiger partial charge is 0.480 e. The fourth-order valence-corrected chi connectivity index (χ4v) is 3.04. The Labute approximate surface area is 114 Å². The maximum atomic E-state index is 13.7. The summed E-state index contributed by atoms with van der Waals surface area (Å²) in [4.78, 5) is 11.4. The Morgan fingerprint density at radius 1 is 1.50 bits per heavy atom. The second-order valence-electron chi connectivity index (χ2n) is 5.58. The van der Waals surface area contributed by atoms with Crippen molar-refractivity contribution in [1.29, 1.82) is 0 Å². The van der Waals surface area contributed by atoms with Gasteiger partial charge >= 0.3 is 5.97 Å². The minimum atomic E-state index is -3.19. The van der Waals surface area contributed by atoms with Crippen molar-refractivity contribution in [2.24, 2.45) is 7.05 Å². The first-order chi connectivity index (χ1) is 9.38. The minimum absolute atomic E-state index is 0.00688. The molecule has 0 radical (unpaired) electrons. The molecule has 0 aromatic carbocycles. The van der Waals surface area contributed by atoms with Crippen LogP contribution in [0.25, 0.3) is 0 Å². The van der Waals surface area contributed by atoms with Crippen LogP contribution in [0.15, 0.2) is 6.20 Å². The second-order valence-corrected chi connectivity index (χ2v) is 5.58. The van der Waals surface area contributed by atoms with Gasteiger partial charge in [0.15, 0.2) is 5.41 Å². The van der Waals surface area contributed by atoms with Crippen molar-refractivity contribution in [3.8, 4) is 0 Å². The fraction of sp³-hybridized carbons (Fsp3) is 0.692. The van der Waals surface area contributed by atoms with Crippen LogP contribution in [0.2, 0.25) is 0 Å². The zero-order chi connectivity index (χ0) is 14.5. The van der Waals surface area contributed by atoms with Gasteiger partial charge in [-0.25, -0.2) is 8.78 Å². The smallest absolute Gasteiger partial charge is 0.320 e. The number of nitrogens with zero attached hydrogens (tertiary/aromatic N) is 2. The lowest BCUT2D eigenvalue weighted by Gasteiger charge is -2.22. The van der Waals surface area contributed by atoms with E-state index in [9.17, 15) is 18.7 Å². The normalized spacial score (nSPS) is 29.4. The standard InChI is InChI=1S/C13H16F2N2O3/c1-17-6-9(12(11(18)19)7-13(12,14)15)10(16-17)8-2-4-20-5-3-8/h6,8H,2-5,7H2,1H3,(H,18,19).